The SMILES string of the molecule is CCC[CH2][Sn][CH2]CCC.O[C@@H](c1ccccc1)[C@@H](O)c1ccccc1. The third-order valence-corrected chi connectivity index (χ3v) is 8.03. The molecule has 0 spiro atoms. The molecule has 0 aromatic heterocycles. The fraction of sp³-hybridized carbons (Fsp3) is 0.455. The van der Waals surface area contributed by atoms with Crippen molar-refractivity contribution in [1.82, 2.24) is 0 Å². The average molecular weight is 447 g/mol. The summed E-state index contributed by atoms with van der Waals surface area (Å²) < 4.78 is 3.25. The first-order valence-corrected chi connectivity index (χ1v) is 13.4. The number of benzene rings is 2. The molecule has 0 unspecified atom stereocenters. The summed E-state index contributed by atoms with van der Waals surface area (Å²) in [4.78, 5) is 0. The maximum atomic E-state index is 9.99. The van der Waals surface area contributed by atoms with Crippen LogP contribution in [0.5, 0.6) is 0 Å². The summed E-state index contributed by atoms with van der Waals surface area (Å²) in [5, 5.41) is 20.0. The number of aliphatic hydroxyl groups excluding tert-OH is 2. The maximum Gasteiger partial charge on any atom is 0.109 e. The third kappa shape index (κ3) is 9.43. The van der Waals surface area contributed by atoms with Gasteiger partial charge in [0, 0.05) is 0 Å². The van der Waals surface area contributed by atoms with E-state index in [0.29, 0.717) is 0 Å². The van der Waals surface area contributed by atoms with E-state index in [1.165, 1.54) is 25.7 Å². The largest absolute Gasteiger partial charge is 0.385 e. The fourth-order valence-corrected chi connectivity index (χ4v) is 6.55. The van der Waals surface area contributed by atoms with Crippen molar-refractivity contribution in [2.24, 2.45) is 0 Å². The zero-order valence-electron chi connectivity index (χ0n) is 15.6. The molecule has 2 nitrogen and oxygen atoms in total. The van der Waals surface area contributed by atoms with E-state index in [9.17, 15) is 10.2 Å². The second kappa shape index (κ2) is 14.3. The molecule has 0 saturated carbocycles. The summed E-state index contributed by atoms with van der Waals surface area (Å²) in [5.74, 6) is 0. The van der Waals surface area contributed by atoms with Crippen LogP contribution in [-0.4, -0.2) is 31.4 Å². The summed E-state index contributed by atoms with van der Waals surface area (Å²) in [5.41, 5.74) is 1.44. The van der Waals surface area contributed by atoms with Gasteiger partial charge in [-0.05, 0) is 11.1 Å². The van der Waals surface area contributed by atoms with Crippen LogP contribution in [0.3, 0.4) is 0 Å². The molecule has 2 aromatic carbocycles. The molecule has 2 N–H and O–H groups in total. The smallest absolute Gasteiger partial charge is 0.109 e. The Morgan fingerprint density at radius 1 is 0.680 bits per heavy atom. The molecule has 0 heterocycles. The van der Waals surface area contributed by atoms with Gasteiger partial charge >= 0.3 is 69.5 Å². The van der Waals surface area contributed by atoms with Crippen LogP contribution in [0.2, 0.25) is 8.87 Å². The van der Waals surface area contributed by atoms with E-state index in [1.807, 2.05) is 36.4 Å². The van der Waals surface area contributed by atoms with Gasteiger partial charge in [-0.25, -0.2) is 0 Å². The second-order valence-electron chi connectivity index (χ2n) is 6.17. The van der Waals surface area contributed by atoms with E-state index < -0.39 is 12.2 Å². The summed E-state index contributed by atoms with van der Waals surface area (Å²) in [6, 6.07) is 18.3. The first kappa shape index (κ1) is 22.2. The molecule has 3 heteroatoms. The molecule has 0 bridgehead atoms. The summed E-state index contributed by atoms with van der Waals surface area (Å²) >= 11 is 0.149. The number of hydrogen-bond donors (Lipinski definition) is 2. The monoisotopic (exact) mass is 448 g/mol. The molecule has 25 heavy (non-hydrogen) atoms. The minimum Gasteiger partial charge on any atom is -0.385 e. The van der Waals surface area contributed by atoms with E-state index in [-0.39, 0.29) is 21.1 Å². The van der Waals surface area contributed by atoms with Crippen molar-refractivity contribution in [3.8, 4) is 0 Å². The van der Waals surface area contributed by atoms with Crippen LogP contribution in [0.25, 0.3) is 0 Å². The average Bonchev–Trinajstić information content (AvgIpc) is 2.68. The Balaban J connectivity index is 0.000000299. The molecular weight excluding hydrogens is 415 g/mol. The normalized spacial score (nSPS) is 12.8. The zero-order chi connectivity index (χ0) is 18.3. The Morgan fingerprint density at radius 3 is 1.36 bits per heavy atom. The van der Waals surface area contributed by atoms with Crippen molar-refractivity contribution < 1.29 is 10.2 Å². The van der Waals surface area contributed by atoms with Gasteiger partial charge in [-0.1, -0.05) is 60.7 Å². The van der Waals surface area contributed by atoms with Crippen LogP contribution in [0.1, 0.15) is 62.9 Å². The first-order chi connectivity index (χ1) is 12.2. The molecule has 0 aliphatic rings. The second-order valence-corrected chi connectivity index (χ2v) is 10.4. The Labute approximate surface area is 163 Å². The molecule has 0 amide bonds. The molecule has 2 aromatic rings. The van der Waals surface area contributed by atoms with Gasteiger partial charge in [0.05, 0.1) is 0 Å². The molecule has 2 atom stereocenters. The van der Waals surface area contributed by atoms with E-state index >= 15 is 0 Å². The molecular formula is C22H32O2Sn. The van der Waals surface area contributed by atoms with Gasteiger partial charge in [-0.15, -0.1) is 0 Å². The van der Waals surface area contributed by atoms with E-state index in [4.69, 9.17) is 0 Å². The molecule has 0 fully saturated rings. The molecule has 0 aliphatic heterocycles. The van der Waals surface area contributed by atoms with Crippen LogP contribution >= 0.6 is 0 Å². The Morgan fingerprint density at radius 2 is 1.04 bits per heavy atom. The van der Waals surface area contributed by atoms with Crippen molar-refractivity contribution in [2.45, 2.75) is 60.6 Å². The van der Waals surface area contributed by atoms with Gasteiger partial charge in [0.2, 0.25) is 0 Å². The Hall–Kier alpha value is -0.841. The molecule has 0 aliphatic carbocycles. The van der Waals surface area contributed by atoms with Gasteiger partial charge in [-0.3, -0.25) is 0 Å². The first-order valence-electron chi connectivity index (χ1n) is 9.37. The standard InChI is InChI=1S/C14H14O2.2C4H9.Sn/c15-13(11-7-3-1-4-8-11)14(16)12-9-5-2-6-10-12;2*1-3-4-2;/h1-10,13-16H;2*1,3-4H2,2H3;/t13-,14-;;;/m0.../s1. The maximum absolute atomic E-state index is 9.99. The Kier molecular flexibility index (Phi) is 12.7. The molecule has 0 saturated heterocycles. The van der Waals surface area contributed by atoms with Crippen molar-refractivity contribution in [1.29, 1.82) is 0 Å². The van der Waals surface area contributed by atoms with Crippen LogP contribution in [0, 0.1) is 0 Å². The van der Waals surface area contributed by atoms with Crippen LogP contribution < -0.4 is 0 Å². The molecule has 2 rings (SSSR count). The summed E-state index contributed by atoms with van der Waals surface area (Å²) in [6.45, 7) is 4.58. The van der Waals surface area contributed by atoms with E-state index in [2.05, 4.69) is 13.8 Å². The van der Waals surface area contributed by atoms with E-state index in [1.54, 1.807) is 33.1 Å². The number of unbranched alkanes of at least 4 members (excludes halogenated alkanes) is 2. The van der Waals surface area contributed by atoms with Gasteiger partial charge in [0.15, 0.2) is 0 Å². The summed E-state index contributed by atoms with van der Waals surface area (Å²) in [6.07, 6.45) is 4.07. The predicted molar refractivity (Wildman–Crippen MR) is 108 cm³/mol. The molecule has 136 valence electrons. The third-order valence-electron chi connectivity index (χ3n) is 4.00. The minimum atomic E-state index is -0.886. The minimum absolute atomic E-state index is 0.149. The van der Waals surface area contributed by atoms with Gasteiger partial charge < -0.3 is 10.2 Å². The summed E-state index contributed by atoms with van der Waals surface area (Å²) in [7, 11) is 0. The van der Waals surface area contributed by atoms with Crippen molar-refractivity contribution in [3.05, 3.63) is 71.8 Å². The van der Waals surface area contributed by atoms with Crippen LogP contribution in [0.15, 0.2) is 60.7 Å². The number of rotatable bonds is 9. The number of aliphatic hydroxyl groups is 2. The van der Waals surface area contributed by atoms with Crippen LogP contribution in [-0.2, 0) is 0 Å². The van der Waals surface area contributed by atoms with Gasteiger partial charge in [0.1, 0.15) is 12.2 Å². The zero-order valence-corrected chi connectivity index (χ0v) is 18.4. The number of hydrogen-bond acceptors (Lipinski definition) is 2. The van der Waals surface area contributed by atoms with Crippen molar-refractivity contribution in [2.75, 3.05) is 0 Å². The molecule has 2 radical (unpaired) electrons. The van der Waals surface area contributed by atoms with Crippen molar-refractivity contribution in [3.63, 3.8) is 0 Å². The topological polar surface area (TPSA) is 40.5 Å². The van der Waals surface area contributed by atoms with Crippen LogP contribution in [0.4, 0.5) is 0 Å². The van der Waals surface area contributed by atoms with Gasteiger partial charge in [-0.2, -0.15) is 0 Å². The quantitative estimate of drug-likeness (QED) is 0.389. The van der Waals surface area contributed by atoms with E-state index in [0.717, 1.165) is 11.1 Å². The predicted octanol–water partition coefficient (Wildman–Crippen LogP) is 5.58. The van der Waals surface area contributed by atoms with Gasteiger partial charge in [0.25, 0.3) is 0 Å². The Bertz CT molecular complexity index is 481. The van der Waals surface area contributed by atoms with Crippen molar-refractivity contribution >= 4 is 21.1 Å². The fourth-order valence-electron chi connectivity index (χ4n) is 2.39.